The van der Waals surface area contributed by atoms with E-state index in [9.17, 15) is 4.79 Å². The van der Waals surface area contributed by atoms with Gasteiger partial charge in [-0.3, -0.25) is 4.79 Å². The van der Waals surface area contributed by atoms with Crippen LogP contribution in [0, 0.1) is 19.8 Å². The largest absolute Gasteiger partial charge is 0.469 e. The van der Waals surface area contributed by atoms with Gasteiger partial charge in [0.05, 0.1) is 19.6 Å². The highest BCUT2D eigenvalue weighted by atomic mass is 16.5. The van der Waals surface area contributed by atoms with Gasteiger partial charge < -0.3 is 9.30 Å². The fraction of sp³-hybridized carbons (Fsp3) is 0.560. The first-order valence-corrected chi connectivity index (χ1v) is 10.7. The van der Waals surface area contributed by atoms with Crippen LogP contribution in [0.1, 0.15) is 86.0 Å². The number of fused-ring (bicyclic) bond motifs is 1. The van der Waals surface area contributed by atoms with Crippen LogP contribution < -0.4 is 0 Å². The molecular weight excluding hydrogens is 346 g/mol. The highest BCUT2D eigenvalue weighted by molar-refractivity contribution is 5.70. The van der Waals surface area contributed by atoms with Gasteiger partial charge in [-0.1, -0.05) is 43.7 Å². The molecule has 1 aromatic carbocycles. The summed E-state index contributed by atoms with van der Waals surface area (Å²) in [5, 5.41) is 0. The third kappa shape index (κ3) is 4.51. The average molecular weight is 382 g/mol. The molecule has 0 bridgehead atoms. The van der Waals surface area contributed by atoms with Crippen LogP contribution in [-0.2, 0) is 16.0 Å². The van der Waals surface area contributed by atoms with Crippen molar-refractivity contribution >= 4 is 5.97 Å². The lowest BCUT2D eigenvalue weighted by Gasteiger charge is -2.30. The lowest BCUT2D eigenvalue weighted by Crippen LogP contribution is -2.22. The van der Waals surface area contributed by atoms with Gasteiger partial charge in [0.2, 0.25) is 0 Å². The lowest BCUT2D eigenvalue weighted by atomic mass is 9.85. The van der Waals surface area contributed by atoms with E-state index in [4.69, 9.17) is 4.74 Å². The minimum atomic E-state index is -0.0997. The maximum Gasteiger partial charge on any atom is 0.306 e. The molecule has 3 heteroatoms. The number of benzene rings is 1. The van der Waals surface area contributed by atoms with E-state index in [1.54, 1.807) is 0 Å². The van der Waals surface area contributed by atoms with Crippen molar-refractivity contribution in [1.29, 1.82) is 0 Å². The Labute approximate surface area is 170 Å². The van der Waals surface area contributed by atoms with Crippen molar-refractivity contribution in [2.45, 2.75) is 78.2 Å². The van der Waals surface area contributed by atoms with Gasteiger partial charge in [0.25, 0.3) is 0 Å². The standard InChI is InChI=1S/C25H35NO2/c1-17(2)9-14-23(20-12-10-18(3)11-13-20)26-19(4)15-21-7-6-8-22(25(21)26)16-24(27)28-5/h10-13,15,17,22-23H,6-9,14,16H2,1-5H3/t22-,23+/m0/s1. The average Bonchev–Trinajstić information content (AvgIpc) is 3.00. The molecule has 0 fully saturated rings. The van der Waals surface area contributed by atoms with E-state index in [1.165, 1.54) is 41.6 Å². The summed E-state index contributed by atoms with van der Waals surface area (Å²) >= 11 is 0. The Morgan fingerprint density at radius 1 is 1.18 bits per heavy atom. The van der Waals surface area contributed by atoms with Crippen LogP contribution in [0.15, 0.2) is 30.3 Å². The van der Waals surface area contributed by atoms with Crippen LogP contribution in [0.2, 0.25) is 0 Å². The van der Waals surface area contributed by atoms with Crippen molar-refractivity contribution in [3.8, 4) is 0 Å². The molecule has 2 atom stereocenters. The summed E-state index contributed by atoms with van der Waals surface area (Å²) in [6.07, 6.45) is 6.12. The predicted molar refractivity (Wildman–Crippen MR) is 115 cm³/mol. The fourth-order valence-electron chi connectivity index (χ4n) is 4.70. The number of hydrogen-bond acceptors (Lipinski definition) is 2. The van der Waals surface area contributed by atoms with E-state index < -0.39 is 0 Å². The molecular formula is C25H35NO2. The molecule has 1 aliphatic rings. The summed E-state index contributed by atoms with van der Waals surface area (Å²) in [5.74, 6) is 0.833. The van der Waals surface area contributed by atoms with Gasteiger partial charge in [-0.05, 0) is 69.1 Å². The van der Waals surface area contributed by atoms with Crippen LogP contribution >= 0.6 is 0 Å². The molecule has 0 saturated carbocycles. The predicted octanol–water partition coefficient (Wildman–Crippen LogP) is 6.11. The maximum atomic E-state index is 12.1. The van der Waals surface area contributed by atoms with Crippen molar-refractivity contribution in [3.63, 3.8) is 0 Å². The smallest absolute Gasteiger partial charge is 0.306 e. The zero-order valence-electron chi connectivity index (χ0n) is 18.1. The Balaban J connectivity index is 2.05. The van der Waals surface area contributed by atoms with E-state index in [-0.39, 0.29) is 11.9 Å². The maximum absolute atomic E-state index is 12.1. The number of esters is 1. The van der Waals surface area contributed by atoms with Gasteiger partial charge in [-0.25, -0.2) is 0 Å². The molecule has 152 valence electrons. The first kappa shape index (κ1) is 20.7. The summed E-state index contributed by atoms with van der Waals surface area (Å²) in [7, 11) is 1.49. The monoisotopic (exact) mass is 381 g/mol. The van der Waals surface area contributed by atoms with Crippen molar-refractivity contribution in [3.05, 3.63) is 58.4 Å². The zero-order chi connectivity index (χ0) is 20.3. The quantitative estimate of drug-likeness (QED) is 0.542. The second kappa shape index (κ2) is 8.98. The van der Waals surface area contributed by atoms with E-state index in [2.05, 4.69) is 62.6 Å². The molecule has 0 N–H and O–H groups in total. The fourth-order valence-corrected chi connectivity index (χ4v) is 4.70. The van der Waals surface area contributed by atoms with Crippen molar-refractivity contribution in [1.82, 2.24) is 4.57 Å². The Morgan fingerprint density at radius 3 is 2.54 bits per heavy atom. The Kier molecular flexibility index (Phi) is 6.64. The second-order valence-corrected chi connectivity index (χ2v) is 8.83. The van der Waals surface area contributed by atoms with Crippen LogP contribution in [0.3, 0.4) is 0 Å². The molecule has 3 rings (SSSR count). The molecule has 1 heterocycles. The van der Waals surface area contributed by atoms with Gasteiger partial charge in [-0.15, -0.1) is 0 Å². The molecule has 0 radical (unpaired) electrons. The topological polar surface area (TPSA) is 31.2 Å². The Bertz CT molecular complexity index is 801. The van der Waals surface area contributed by atoms with Crippen molar-refractivity contribution < 1.29 is 9.53 Å². The Hall–Kier alpha value is -2.03. The van der Waals surface area contributed by atoms with Gasteiger partial charge in [-0.2, -0.15) is 0 Å². The van der Waals surface area contributed by atoms with E-state index in [0.29, 0.717) is 18.4 Å². The molecule has 0 spiro atoms. The van der Waals surface area contributed by atoms with E-state index in [1.807, 2.05) is 0 Å². The summed E-state index contributed by atoms with van der Waals surface area (Å²) in [6.45, 7) is 8.96. The third-order valence-electron chi connectivity index (χ3n) is 6.17. The number of hydrogen-bond donors (Lipinski definition) is 0. The van der Waals surface area contributed by atoms with Crippen LogP contribution in [-0.4, -0.2) is 17.6 Å². The summed E-state index contributed by atoms with van der Waals surface area (Å²) in [5.41, 5.74) is 6.79. The molecule has 0 saturated heterocycles. The highest BCUT2D eigenvalue weighted by Gasteiger charge is 2.30. The molecule has 0 amide bonds. The first-order chi connectivity index (χ1) is 13.4. The van der Waals surface area contributed by atoms with Crippen molar-refractivity contribution in [2.24, 2.45) is 5.92 Å². The molecule has 1 aliphatic carbocycles. The van der Waals surface area contributed by atoms with Crippen molar-refractivity contribution in [2.75, 3.05) is 7.11 Å². The lowest BCUT2D eigenvalue weighted by molar-refractivity contribution is -0.141. The van der Waals surface area contributed by atoms with Crippen LogP contribution in [0.5, 0.6) is 0 Å². The molecule has 0 aliphatic heterocycles. The third-order valence-corrected chi connectivity index (χ3v) is 6.17. The summed E-state index contributed by atoms with van der Waals surface area (Å²) in [4.78, 5) is 12.1. The van der Waals surface area contributed by atoms with Crippen LogP contribution in [0.4, 0.5) is 0 Å². The van der Waals surface area contributed by atoms with Crippen LogP contribution in [0.25, 0.3) is 0 Å². The minimum Gasteiger partial charge on any atom is -0.469 e. The van der Waals surface area contributed by atoms with Gasteiger partial charge in [0.1, 0.15) is 0 Å². The highest BCUT2D eigenvalue weighted by Crippen LogP contribution is 2.40. The number of nitrogens with zero attached hydrogens (tertiary/aromatic N) is 1. The number of aromatic nitrogens is 1. The van der Waals surface area contributed by atoms with Gasteiger partial charge in [0, 0.05) is 17.3 Å². The number of carbonyl (C=O) groups excluding carboxylic acids is 1. The summed E-state index contributed by atoms with van der Waals surface area (Å²) < 4.78 is 7.55. The number of methoxy groups -OCH3 is 1. The normalized spacial score (nSPS) is 17.4. The van der Waals surface area contributed by atoms with Gasteiger partial charge >= 0.3 is 5.97 Å². The van der Waals surface area contributed by atoms with E-state index in [0.717, 1.165) is 25.7 Å². The second-order valence-electron chi connectivity index (χ2n) is 8.83. The number of ether oxygens (including phenoxy) is 1. The molecule has 1 aromatic heterocycles. The number of carbonyl (C=O) groups is 1. The minimum absolute atomic E-state index is 0.0997. The molecule has 0 unspecified atom stereocenters. The Morgan fingerprint density at radius 2 is 1.89 bits per heavy atom. The molecule has 3 nitrogen and oxygen atoms in total. The molecule has 28 heavy (non-hydrogen) atoms. The molecule has 2 aromatic rings. The zero-order valence-corrected chi connectivity index (χ0v) is 18.1. The SMILES string of the molecule is COC(=O)C[C@@H]1CCCc2cc(C)n([C@H](CCC(C)C)c3ccc(C)cc3)c21. The number of rotatable bonds is 7. The first-order valence-electron chi connectivity index (χ1n) is 10.7. The van der Waals surface area contributed by atoms with E-state index >= 15 is 0 Å². The number of aryl methyl sites for hydroxylation is 3. The summed E-state index contributed by atoms with van der Waals surface area (Å²) in [6, 6.07) is 11.7. The van der Waals surface area contributed by atoms with Gasteiger partial charge in [0.15, 0.2) is 0 Å².